The van der Waals surface area contributed by atoms with E-state index in [4.69, 9.17) is 5.11 Å². The molecule has 2 rings (SSSR count). The van der Waals surface area contributed by atoms with Gasteiger partial charge < -0.3 is 21.1 Å². The van der Waals surface area contributed by atoms with E-state index in [0.29, 0.717) is 13.0 Å². The average molecular weight is 295 g/mol. The maximum absolute atomic E-state index is 13.6. The number of urea groups is 1. The van der Waals surface area contributed by atoms with E-state index in [-0.39, 0.29) is 11.5 Å². The van der Waals surface area contributed by atoms with Crippen LogP contribution in [0.4, 0.5) is 14.9 Å². The monoisotopic (exact) mass is 295 g/mol. The molecule has 112 valence electrons. The smallest absolute Gasteiger partial charge is 0.337 e. The van der Waals surface area contributed by atoms with Gasteiger partial charge in [0.25, 0.3) is 0 Å². The molecular weight excluding hydrogens is 281 g/mol. The van der Waals surface area contributed by atoms with Crippen LogP contribution in [0.3, 0.4) is 0 Å². The maximum atomic E-state index is 13.6. The molecule has 21 heavy (non-hydrogen) atoms. The van der Waals surface area contributed by atoms with Crippen molar-refractivity contribution in [1.29, 1.82) is 0 Å². The van der Waals surface area contributed by atoms with Crippen LogP contribution in [0.1, 0.15) is 23.2 Å². The SMILES string of the molecule is O=C(Nc1c(F)cccc1C(=O)O)NC1CCCNC1=O. The summed E-state index contributed by atoms with van der Waals surface area (Å²) in [4.78, 5) is 34.3. The topological polar surface area (TPSA) is 108 Å². The number of rotatable bonds is 3. The van der Waals surface area contributed by atoms with Crippen LogP contribution in [0.25, 0.3) is 0 Å². The van der Waals surface area contributed by atoms with Gasteiger partial charge in [-0.3, -0.25) is 4.79 Å². The second-order valence-electron chi connectivity index (χ2n) is 4.55. The lowest BCUT2D eigenvalue weighted by molar-refractivity contribution is -0.124. The molecule has 3 amide bonds. The number of carboxylic acid groups (broad SMARTS) is 1. The summed E-state index contributed by atoms with van der Waals surface area (Å²) in [6.45, 7) is 0.551. The molecule has 1 aliphatic rings. The van der Waals surface area contributed by atoms with Crippen molar-refractivity contribution in [1.82, 2.24) is 10.6 Å². The van der Waals surface area contributed by atoms with Crippen LogP contribution in [0.15, 0.2) is 18.2 Å². The zero-order valence-corrected chi connectivity index (χ0v) is 11.0. The molecule has 1 fully saturated rings. The molecule has 7 nitrogen and oxygen atoms in total. The van der Waals surface area contributed by atoms with Gasteiger partial charge in [-0.1, -0.05) is 6.07 Å². The number of para-hydroxylation sites is 1. The van der Waals surface area contributed by atoms with Crippen molar-refractivity contribution in [3.63, 3.8) is 0 Å². The number of halogens is 1. The molecule has 1 heterocycles. The Morgan fingerprint density at radius 2 is 2.14 bits per heavy atom. The lowest BCUT2D eigenvalue weighted by atomic mass is 10.1. The van der Waals surface area contributed by atoms with E-state index in [1.807, 2.05) is 0 Å². The number of benzene rings is 1. The molecule has 0 radical (unpaired) electrons. The Morgan fingerprint density at radius 1 is 1.38 bits per heavy atom. The van der Waals surface area contributed by atoms with Crippen molar-refractivity contribution in [2.24, 2.45) is 0 Å². The van der Waals surface area contributed by atoms with Gasteiger partial charge >= 0.3 is 12.0 Å². The summed E-state index contributed by atoms with van der Waals surface area (Å²) in [5.41, 5.74) is -0.794. The highest BCUT2D eigenvalue weighted by molar-refractivity contribution is 6.01. The molecule has 1 aromatic rings. The van der Waals surface area contributed by atoms with Crippen LogP contribution in [0, 0.1) is 5.82 Å². The van der Waals surface area contributed by atoms with Gasteiger partial charge in [-0.2, -0.15) is 0 Å². The Kier molecular flexibility index (Phi) is 4.36. The molecule has 8 heteroatoms. The van der Waals surface area contributed by atoms with E-state index in [0.717, 1.165) is 12.5 Å². The van der Waals surface area contributed by atoms with Crippen molar-refractivity contribution in [2.45, 2.75) is 18.9 Å². The molecule has 4 N–H and O–H groups in total. The summed E-state index contributed by atoms with van der Waals surface area (Å²) >= 11 is 0. The number of carbonyl (C=O) groups excluding carboxylic acids is 2. The zero-order chi connectivity index (χ0) is 15.4. The molecule has 0 bridgehead atoms. The van der Waals surface area contributed by atoms with Gasteiger partial charge in [-0.15, -0.1) is 0 Å². The van der Waals surface area contributed by atoms with Gasteiger partial charge in [-0.25, -0.2) is 14.0 Å². The number of amides is 3. The highest BCUT2D eigenvalue weighted by atomic mass is 19.1. The van der Waals surface area contributed by atoms with E-state index in [9.17, 15) is 18.8 Å². The molecule has 0 saturated carbocycles. The maximum Gasteiger partial charge on any atom is 0.337 e. The molecule has 0 aliphatic carbocycles. The molecule has 1 unspecified atom stereocenters. The van der Waals surface area contributed by atoms with Crippen LogP contribution in [0.2, 0.25) is 0 Å². The number of anilines is 1. The number of piperidine rings is 1. The molecule has 1 saturated heterocycles. The van der Waals surface area contributed by atoms with Gasteiger partial charge in [0.2, 0.25) is 5.91 Å². The Balaban J connectivity index is 2.09. The lowest BCUT2D eigenvalue weighted by Gasteiger charge is -2.23. The predicted molar refractivity (Wildman–Crippen MR) is 71.5 cm³/mol. The van der Waals surface area contributed by atoms with Crippen LogP contribution in [-0.4, -0.2) is 35.6 Å². The summed E-state index contributed by atoms with van der Waals surface area (Å²) in [6.07, 6.45) is 1.19. The summed E-state index contributed by atoms with van der Waals surface area (Å²) in [7, 11) is 0. The van der Waals surface area contributed by atoms with Gasteiger partial charge in [-0.05, 0) is 25.0 Å². The highest BCUT2D eigenvalue weighted by Gasteiger charge is 2.24. The normalized spacial score (nSPS) is 17.8. The lowest BCUT2D eigenvalue weighted by Crippen LogP contribution is -2.51. The van der Waals surface area contributed by atoms with E-state index in [1.165, 1.54) is 12.1 Å². The van der Waals surface area contributed by atoms with Crippen molar-refractivity contribution in [3.8, 4) is 0 Å². The fraction of sp³-hybridized carbons (Fsp3) is 0.308. The number of carboxylic acids is 1. The third-order valence-electron chi connectivity index (χ3n) is 3.07. The van der Waals surface area contributed by atoms with Crippen molar-refractivity contribution in [2.75, 3.05) is 11.9 Å². The van der Waals surface area contributed by atoms with Crippen LogP contribution < -0.4 is 16.0 Å². The standard InChI is InChI=1S/C13H14FN3O4/c14-8-4-1-3-7(12(19)20)10(8)17-13(21)16-9-5-2-6-15-11(9)18/h1,3-4,9H,2,5-6H2,(H,15,18)(H,19,20)(H2,16,17,21). The first-order chi connectivity index (χ1) is 9.99. The minimum absolute atomic E-state index is 0.316. The Hall–Kier alpha value is -2.64. The average Bonchev–Trinajstić information content (AvgIpc) is 2.43. The first-order valence-corrected chi connectivity index (χ1v) is 6.36. The van der Waals surface area contributed by atoms with Gasteiger partial charge in [0.1, 0.15) is 11.9 Å². The number of aromatic carboxylic acids is 1. The van der Waals surface area contributed by atoms with Crippen molar-refractivity contribution < 1.29 is 23.9 Å². The van der Waals surface area contributed by atoms with Gasteiger partial charge in [0.15, 0.2) is 0 Å². The zero-order valence-electron chi connectivity index (χ0n) is 11.0. The van der Waals surface area contributed by atoms with Gasteiger partial charge in [0.05, 0.1) is 11.3 Å². The van der Waals surface area contributed by atoms with Crippen LogP contribution in [-0.2, 0) is 4.79 Å². The second kappa shape index (κ2) is 6.21. The van der Waals surface area contributed by atoms with E-state index >= 15 is 0 Å². The number of hydrogen-bond acceptors (Lipinski definition) is 3. The van der Waals surface area contributed by atoms with Crippen molar-refractivity contribution in [3.05, 3.63) is 29.6 Å². The Bertz CT molecular complexity index is 591. The third kappa shape index (κ3) is 3.47. The highest BCUT2D eigenvalue weighted by Crippen LogP contribution is 2.19. The molecule has 1 atom stereocenters. The largest absolute Gasteiger partial charge is 0.478 e. The summed E-state index contributed by atoms with van der Waals surface area (Å²) in [5, 5.41) is 16.1. The summed E-state index contributed by atoms with van der Waals surface area (Å²) < 4.78 is 13.6. The fourth-order valence-corrected chi connectivity index (χ4v) is 2.05. The first kappa shape index (κ1) is 14.8. The fourth-order valence-electron chi connectivity index (χ4n) is 2.05. The molecular formula is C13H14FN3O4. The quantitative estimate of drug-likeness (QED) is 0.665. The van der Waals surface area contributed by atoms with E-state index in [2.05, 4.69) is 16.0 Å². The molecule has 1 aromatic carbocycles. The molecule has 0 aromatic heterocycles. The number of carbonyl (C=O) groups is 3. The predicted octanol–water partition coefficient (Wildman–Crippen LogP) is 0.924. The Labute approximate surface area is 119 Å². The van der Waals surface area contributed by atoms with E-state index in [1.54, 1.807) is 0 Å². The number of hydrogen-bond donors (Lipinski definition) is 4. The van der Waals surface area contributed by atoms with E-state index < -0.39 is 29.5 Å². The minimum Gasteiger partial charge on any atom is -0.478 e. The van der Waals surface area contributed by atoms with Gasteiger partial charge in [0, 0.05) is 6.54 Å². The summed E-state index contributed by atoms with van der Waals surface area (Å²) in [6, 6.07) is 1.91. The second-order valence-corrected chi connectivity index (χ2v) is 4.55. The molecule has 1 aliphatic heterocycles. The minimum atomic E-state index is -1.36. The van der Waals surface area contributed by atoms with Crippen LogP contribution in [0.5, 0.6) is 0 Å². The van der Waals surface area contributed by atoms with Crippen molar-refractivity contribution >= 4 is 23.6 Å². The number of nitrogens with one attached hydrogen (secondary N) is 3. The van der Waals surface area contributed by atoms with Crippen LogP contribution >= 0.6 is 0 Å². The third-order valence-corrected chi connectivity index (χ3v) is 3.07. The Morgan fingerprint density at radius 3 is 2.81 bits per heavy atom. The summed E-state index contributed by atoms with van der Waals surface area (Å²) in [5.74, 6) is -2.54. The molecule has 0 spiro atoms. The first-order valence-electron chi connectivity index (χ1n) is 6.36.